The molecular formula is C14H24N4O2. The van der Waals surface area contributed by atoms with E-state index in [2.05, 4.69) is 22.1 Å². The van der Waals surface area contributed by atoms with Gasteiger partial charge in [-0.3, -0.25) is 9.89 Å². The lowest BCUT2D eigenvalue weighted by Crippen LogP contribution is -2.42. The van der Waals surface area contributed by atoms with Gasteiger partial charge in [-0.15, -0.1) is 5.10 Å². The van der Waals surface area contributed by atoms with Crippen molar-refractivity contribution >= 4 is 5.91 Å². The summed E-state index contributed by atoms with van der Waals surface area (Å²) in [5, 5.41) is 6.90. The van der Waals surface area contributed by atoms with Crippen molar-refractivity contribution in [3.63, 3.8) is 0 Å². The summed E-state index contributed by atoms with van der Waals surface area (Å²) in [6, 6.07) is 0.221. The van der Waals surface area contributed by atoms with Crippen molar-refractivity contribution in [1.82, 2.24) is 20.1 Å². The molecule has 112 valence electrons. The van der Waals surface area contributed by atoms with E-state index in [0.29, 0.717) is 19.1 Å². The van der Waals surface area contributed by atoms with Crippen LogP contribution in [0.25, 0.3) is 0 Å². The molecule has 1 fully saturated rings. The number of aromatic amines is 1. The Morgan fingerprint density at radius 3 is 2.65 bits per heavy atom. The Labute approximate surface area is 119 Å². The summed E-state index contributed by atoms with van der Waals surface area (Å²) in [5.41, 5.74) is 0. The van der Waals surface area contributed by atoms with Crippen LogP contribution in [0.2, 0.25) is 0 Å². The van der Waals surface area contributed by atoms with Crippen LogP contribution < -0.4 is 0 Å². The molecule has 0 aliphatic heterocycles. The Morgan fingerprint density at radius 2 is 2.15 bits per heavy atom. The van der Waals surface area contributed by atoms with Gasteiger partial charge in [0.25, 0.3) is 5.91 Å². The minimum atomic E-state index is -0.107. The molecular weight excluding hydrogens is 256 g/mol. The number of nitrogens with one attached hydrogen (secondary N) is 1. The number of ether oxygens (including phenoxy) is 1. The number of carbonyl (C=O) groups excluding carboxylic acids is 1. The fourth-order valence-corrected chi connectivity index (χ4v) is 2.27. The quantitative estimate of drug-likeness (QED) is 0.827. The first kappa shape index (κ1) is 15.0. The second-order valence-electron chi connectivity index (χ2n) is 5.77. The highest BCUT2D eigenvalue weighted by molar-refractivity contribution is 5.90. The van der Waals surface area contributed by atoms with Crippen molar-refractivity contribution < 1.29 is 9.53 Å². The summed E-state index contributed by atoms with van der Waals surface area (Å²) >= 11 is 0. The smallest absolute Gasteiger partial charge is 0.293 e. The first-order chi connectivity index (χ1) is 9.54. The monoisotopic (exact) mass is 280 g/mol. The first-order valence-electron chi connectivity index (χ1n) is 7.26. The topological polar surface area (TPSA) is 71.1 Å². The molecule has 1 aliphatic carbocycles. The van der Waals surface area contributed by atoms with Crippen molar-refractivity contribution in [3.05, 3.63) is 11.6 Å². The van der Waals surface area contributed by atoms with Crippen LogP contribution in [0.15, 0.2) is 0 Å². The van der Waals surface area contributed by atoms with Gasteiger partial charge in [-0.25, -0.2) is 4.98 Å². The second kappa shape index (κ2) is 6.35. The Kier molecular flexibility index (Phi) is 4.75. The van der Waals surface area contributed by atoms with Crippen LogP contribution >= 0.6 is 0 Å². The Morgan fingerprint density at radius 1 is 1.45 bits per heavy atom. The molecule has 1 aromatic rings. The highest BCUT2D eigenvalue weighted by Crippen LogP contribution is 2.35. The van der Waals surface area contributed by atoms with Crippen LogP contribution in [0.1, 0.15) is 56.0 Å². The van der Waals surface area contributed by atoms with Gasteiger partial charge in [0.2, 0.25) is 5.82 Å². The van der Waals surface area contributed by atoms with E-state index in [1.165, 1.54) is 12.8 Å². The number of hydrogen-bond donors (Lipinski definition) is 1. The number of nitrogens with zero attached hydrogens (tertiary/aromatic N) is 3. The maximum atomic E-state index is 12.6. The summed E-state index contributed by atoms with van der Waals surface area (Å²) in [5.74, 6) is 1.75. The average molecular weight is 280 g/mol. The molecule has 1 heterocycles. The van der Waals surface area contributed by atoms with Gasteiger partial charge in [-0.2, -0.15) is 0 Å². The Balaban J connectivity index is 2.11. The number of methoxy groups -OCH3 is 1. The zero-order valence-corrected chi connectivity index (χ0v) is 12.7. The van der Waals surface area contributed by atoms with Crippen LogP contribution in [-0.4, -0.2) is 52.3 Å². The van der Waals surface area contributed by atoms with E-state index in [1.54, 1.807) is 7.11 Å². The number of hydrogen-bond acceptors (Lipinski definition) is 4. The van der Waals surface area contributed by atoms with Gasteiger partial charge in [0.15, 0.2) is 0 Å². The lowest BCUT2D eigenvalue weighted by Gasteiger charge is -2.28. The van der Waals surface area contributed by atoms with Crippen molar-refractivity contribution in [2.24, 2.45) is 5.92 Å². The maximum absolute atomic E-state index is 12.6. The van der Waals surface area contributed by atoms with Crippen molar-refractivity contribution in [2.75, 3.05) is 20.3 Å². The SMILES string of the molecule is COCCN(C(=O)c1n[nH]c(C(C)C)n1)C(C)C1CC1. The Hall–Kier alpha value is -1.43. The number of aromatic nitrogens is 3. The summed E-state index contributed by atoms with van der Waals surface area (Å²) in [6.07, 6.45) is 2.40. The van der Waals surface area contributed by atoms with Crippen molar-refractivity contribution in [2.45, 2.75) is 45.6 Å². The van der Waals surface area contributed by atoms with Crippen LogP contribution in [0.5, 0.6) is 0 Å². The third-order valence-electron chi connectivity index (χ3n) is 3.83. The highest BCUT2D eigenvalue weighted by atomic mass is 16.5. The molecule has 1 amide bonds. The van der Waals surface area contributed by atoms with Crippen molar-refractivity contribution in [1.29, 1.82) is 0 Å². The summed E-state index contributed by atoms with van der Waals surface area (Å²) in [7, 11) is 1.65. The van der Waals surface area contributed by atoms with E-state index in [1.807, 2.05) is 18.7 Å². The molecule has 2 rings (SSSR count). The highest BCUT2D eigenvalue weighted by Gasteiger charge is 2.35. The number of rotatable bonds is 7. The third-order valence-corrected chi connectivity index (χ3v) is 3.83. The van der Waals surface area contributed by atoms with Crippen LogP contribution in [-0.2, 0) is 4.74 Å². The van der Waals surface area contributed by atoms with E-state index >= 15 is 0 Å². The van der Waals surface area contributed by atoms with Gasteiger partial charge in [0.05, 0.1) is 6.61 Å². The van der Waals surface area contributed by atoms with Gasteiger partial charge >= 0.3 is 0 Å². The van der Waals surface area contributed by atoms with Crippen molar-refractivity contribution in [3.8, 4) is 0 Å². The van der Waals surface area contributed by atoms with E-state index in [0.717, 1.165) is 5.82 Å². The van der Waals surface area contributed by atoms with Gasteiger partial charge in [-0.1, -0.05) is 13.8 Å². The number of H-pyrrole nitrogens is 1. The molecule has 1 atom stereocenters. The zero-order chi connectivity index (χ0) is 14.7. The molecule has 0 aromatic carbocycles. The standard InChI is InChI=1S/C14H24N4O2/c1-9(2)12-15-13(17-16-12)14(19)18(7-8-20-4)10(3)11-5-6-11/h9-11H,5-8H2,1-4H3,(H,15,16,17). The molecule has 1 aliphatic rings. The lowest BCUT2D eigenvalue weighted by molar-refractivity contribution is 0.0583. The fourth-order valence-electron chi connectivity index (χ4n) is 2.27. The zero-order valence-electron chi connectivity index (χ0n) is 12.7. The fraction of sp³-hybridized carbons (Fsp3) is 0.786. The van der Waals surface area contributed by atoms with Gasteiger partial charge in [0, 0.05) is 25.6 Å². The molecule has 1 unspecified atom stereocenters. The molecule has 6 nitrogen and oxygen atoms in total. The molecule has 0 spiro atoms. The molecule has 0 radical (unpaired) electrons. The molecule has 0 bridgehead atoms. The third kappa shape index (κ3) is 3.36. The average Bonchev–Trinajstić information content (AvgIpc) is 3.15. The molecule has 0 saturated heterocycles. The minimum Gasteiger partial charge on any atom is -0.383 e. The van der Waals surface area contributed by atoms with Crippen LogP contribution in [0.4, 0.5) is 0 Å². The van der Waals surface area contributed by atoms with Gasteiger partial charge in [0.1, 0.15) is 5.82 Å². The summed E-state index contributed by atoms with van der Waals surface area (Å²) < 4.78 is 5.11. The van der Waals surface area contributed by atoms with E-state index < -0.39 is 0 Å². The van der Waals surface area contributed by atoms with E-state index in [4.69, 9.17) is 4.74 Å². The largest absolute Gasteiger partial charge is 0.383 e. The molecule has 20 heavy (non-hydrogen) atoms. The van der Waals surface area contributed by atoms with Gasteiger partial charge in [-0.05, 0) is 25.7 Å². The molecule has 1 aromatic heterocycles. The van der Waals surface area contributed by atoms with Crippen LogP contribution in [0, 0.1) is 5.92 Å². The van der Waals surface area contributed by atoms with Gasteiger partial charge < -0.3 is 9.64 Å². The number of carbonyl (C=O) groups is 1. The number of amides is 1. The lowest BCUT2D eigenvalue weighted by atomic mass is 10.1. The predicted octanol–water partition coefficient (Wildman–Crippen LogP) is 1.82. The van der Waals surface area contributed by atoms with E-state index in [9.17, 15) is 4.79 Å². The normalized spacial score (nSPS) is 16.4. The summed E-state index contributed by atoms with van der Waals surface area (Å²) in [4.78, 5) is 18.7. The van der Waals surface area contributed by atoms with E-state index in [-0.39, 0.29) is 23.7 Å². The first-order valence-corrected chi connectivity index (χ1v) is 7.26. The Bertz CT molecular complexity index is 454. The minimum absolute atomic E-state index is 0.107. The summed E-state index contributed by atoms with van der Waals surface area (Å²) in [6.45, 7) is 7.25. The maximum Gasteiger partial charge on any atom is 0.293 e. The molecule has 1 saturated carbocycles. The predicted molar refractivity (Wildman–Crippen MR) is 75.6 cm³/mol. The van der Waals surface area contributed by atoms with Crippen LogP contribution in [0.3, 0.4) is 0 Å². The molecule has 1 N–H and O–H groups in total. The second-order valence-corrected chi connectivity index (χ2v) is 5.77. The molecule has 6 heteroatoms.